The molecule has 0 aromatic carbocycles. The molecule has 1 aromatic rings. The van der Waals surface area contributed by atoms with Gasteiger partial charge in [-0.2, -0.15) is 4.39 Å². The first kappa shape index (κ1) is 26.1. The molecule has 0 unspecified atom stereocenters. The van der Waals surface area contributed by atoms with Crippen LogP contribution in [-0.4, -0.2) is 22.1 Å². The Morgan fingerprint density at radius 3 is 1.73 bits per heavy atom. The zero-order chi connectivity index (χ0) is 22.0. The second kappa shape index (κ2) is 16.8. The predicted molar refractivity (Wildman–Crippen MR) is 120 cm³/mol. The van der Waals surface area contributed by atoms with Gasteiger partial charge in [-0.25, -0.2) is 14.2 Å². The van der Waals surface area contributed by atoms with E-state index in [0.29, 0.717) is 17.3 Å². The van der Waals surface area contributed by atoms with E-state index in [4.69, 9.17) is 0 Å². The molecule has 6 nitrogen and oxygen atoms in total. The van der Waals surface area contributed by atoms with Crippen LogP contribution in [0.15, 0.2) is 15.8 Å². The Labute approximate surface area is 179 Å². The van der Waals surface area contributed by atoms with Crippen LogP contribution >= 0.6 is 0 Å². The van der Waals surface area contributed by atoms with E-state index in [-0.39, 0.29) is 0 Å². The van der Waals surface area contributed by atoms with Gasteiger partial charge in [0.15, 0.2) is 0 Å². The summed E-state index contributed by atoms with van der Waals surface area (Å²) in [5, 5.41) is 2.57. The Hall–Kier alpha value is -1.92. The van der Waals surface area contributed by atoms with Gasteiger partial charge in [-0.1, -0.05) is 103 Å². The van der Waals surface area contributed by atoms with Crippen LogP contribution in [0.25, 0.3) is 0 Å². The van der Waals surface area contributed by atoms with E-state index in [0.717, 1.165) is 19.3 Å². The summed E-state index contributed by atoms with van der Waals surface area (Å²) in [5.41, 5.74) is -2.06. The van der Waals surface area contributed by atoms with Crippen LogP contribution in [0.3, 0.4) is 0 Å². The number of hydrogen-bond acceptors (Lipinski definition) is 3. The molecule has 1 aromatic heterocycles. The summed E-state index contributed by atoms with van der Waals surface area (Å²) < 4.78 is 13.7. The van der Waals surface area contributed by atoms with E-state index in [1.54, 1.807) is 4.98 Å². The first-order chi connectivity index (χ1) is 14.6. The van der Waals surface area contributed by atoms with E-state index in [1.165, 1.54) is 83.5 Å². The standard InChI is InChI=1S/C23H40FN3O3/c1-2-3-4-5-6-7-8-9-10-11-12-13-14-15-16-17-18-25-22(29)27-19-20(24)21(28)26-23(27)30/h19H,2-18H2,1H3,(H,25,29)(H,26,28,30). The van der Waals surface area contributed by atoms with Gasteiger partial charge in [0.1, 0.15) is 0 Å². The lowest BCUT2D eigenvalue weighted by Crippen LogP contribution is -2.40. The summed E-state index contributed by atoms with van der Waals surface area (Å²) in [6.45, 7) is 2.68. The van der Waals surface area contributed by atoms with E-state index in [2.05, 4.69) is 12.2 Å². The van der Waals surface area contributed by atoms with Crippen molar-refractivity contribution in [1.29, 1.82) is 0 Å². The van der Waals surface area contributed by atoms with Gasteiger partial charge in [0.25, 0.3) is 5.56 Å². The van der Waals surface area contributed by atoms with Crippen molar-refractivity contribution in [3.8, 4) is 0 Å². The fourth-order valence-electron chi connectivity index (χ4n) is 3.55. The highest BCUT2D eigenvalue weighted by Gasteiger charge is 2.10. The molecule has 1 rings (SSSR count). The molecular weight excluding hydrogens is 385 g/mol. The van der Waals surface area contributed by atoms with Gasteiger partial charge < -0.3 is 5.32 Å². The summed E-state index contributed by atoms with van der Waals surface area (Å²) >= 11 is 0. The third kappa shape index (κ3) is 11.9. The monoisotopic (exact) mass is 425 g/mol. The molecule has 7 heteroatoms. The first-order valence-corrected chi connectivity index (χ1v) is 11.9. The lowest BCUT2D eigenvalue weighted by molar-refractivity contribution is 0.240. The van der Waals surface area contributed by atoms with E-state index in [1.807, 2.05) is 0 Å². The number of amides is 1. The second-order valence-electron chi connectivity index (χ2n) is 8.14. The summed E-state index contributed by atoms with van der Waals surface area (Å²) in [7, 11) is 0. The molecule has 0 atom stereocenters. The van der Waals surface area contributed by atoms with Crippen LogP contribution in [-0.2, 0) is 0 Å². The summed E-state index contributed by atoms with van der Waals surface area (Å²) in [5.74, 6) is -1.16. The van der Waals surface area contributed by atoms with E-state index >= 15 is 0 Å². The molecule has 172 valence electrons. The van der Waals surface area contributed by atoms with Gasteiger partial charge in [0.2, 0.25) is 5.82 Å². The minimum absolute atomic E-state index is 0.421. The maximum atomic E-state index is 13.2. The molecule has 0 aliphatic heterocycles. The van der Waals surface area contributed by atoms with Crippen LogP contribution in [0.2, 0.25) is 0 Å². The second-order valence-corrected chi connectivity index (χ2v) is 8.14. The Morgan fingerprint density at radius 2 is 1.27 bits per heavy atom. The average Bonchev–Trinajstić information content (AvgIpc) is 2.72. The lowest BCUT2D eigenvalue weighted by atomic mass is 10.0. The van der Waals surface area contributed by atoms with Crippen molar-refractivity contribution in [3.63, 3.8) is 0 Å². The van der Waals surface area contributed by atoms with Crippen molar-refractivity contribution in [2.45, 2.75) is 110 Å². The van der Waals surface area contributed by atoms with Crippen molar-refractivity contribution in [1.82, 2.24) is 14.9 Å². The topological polar surface area (TPSA) is 84.0 Å². The van der Waals surface area contributed by atoms with Crippen molar-refractivity contribution < 1.29 is 9.18 Å². The zero-order valence-corrected chi connectivity index (χ0v) is 18.6. The Balaban J connectivity index is 1.90. The largest absolute Gasteiger partial charge is 0.337 e. The number of hydrogen-bond donors (Lipinski definition) is 2. The highest BCUT2D eigenvalue weighted by molar-refractivity contribution is 5.76. The molecule has 0 saturated carbocycles. The number of carbonyl (C=O) groups excluding carboxylic acids is 1. The summed E-state index contributed by atoms with van der Waals surface area (Å²) in [6, 6.07) is -0.726. The van der Waals surface area contributed by atoms with Crippen molar-refractivity contribution >= 4 is 6.03 Å². The molecule has 30 heavy (non-hydrogen) atoms. The smallest absolute Gasteiger partial charge is 0.336 e. The Morgan fingerprint density at radius 1 is 0.833 bits per heavy atom. The molecule has 0 fully saturated rings. The highest BCUT2D eigenvalue weighted by atomic mass is 19.1. The SMILES string of the molecule is CCCCCCCCCCCCCCCCCCNC(=O)n1cc(F)c(=O)[nH]c1=O. The van der Waals surface area contributed by atoms with Crippen LogP contribution in [0.4, 0.5) is 9.18 Å². The fraction of sp³-hybridized carbons (Fsp3) is 0.783. The Bertz CT molecular complexity index is 700. The van der Waals surface area contributed by atoms with Gasteiger partial charge in [0.05, 0.1) is 6.20 Å². The predicted octanol–water partition coefficient (Wildman–Crippen LogP) is 5.49. The quantitative estimate of drug-likeness (QED) is 0.323. The highest BCUT2D eigenvalue weighted by Crippen LogP contribution is 2.13. The number of nitrogens with zero attached hydrogens (tertiary/aromatic N) is 1. The Kier molecular flexibility index (Phi) is 14.7. The number of aromatic nitrogens is 2. The maximum absolute atomic E-state index is 13.2. The van der Waals surface area contributed by atoms with Crippen molar-refractivity contribution in [2.75, 3.05) is 6.54 Å². The van der Waals surface area contributed by atoms with Crippen LogP contribution < -0.4 is 16.6 Å². The van der Waals surface area contributed by atoms with Crippen molar-refractivity contribution in [2.24, 2.45) is 0 Å². The number of carbonyl (C=O) groups is 1. The van der Waals surface area contributed by atoms with E-state index < -0.39 is 23.1 Å². The summed E-state index contributed by atoms with van der Waals surface area (Å²) in [4.78, 5) is 36.1. The normalized spacial score (nSPS) is 11.0. The van der Waals surface area contributed by atoms with Gasteiger partial charge >= 0.3 is 11.7 Å². The van der Waals surface area contributed by atoms with Gasteiger partial charge in [0, 0.05) is 6.54 Å². The van der Waals surface area contributed by atoms with E-state index in [9.17, 15) is 18.8 Å². The minimum Gasteiger partial charge on any atom is -0.337 e. The van der Waals surface area contributed by atoms with Crippen LogP contribution in [0, 0.1) is 5.82 Å². The van der Waals surface area contributed by atoms with Crippen molar-refractivity contribution in [3.05, 3.63) is 32.9 Å². The molecule has 0 radical (unpaired) electrons. The number of nitrogens with one attached hydrogen (secondary N) is 2. The molecule has 0 bridgehead atoms. The molecule has 1 amide bonds. The average molecular weight is 426 g/mol. The number of rotatable bonds is 17. The lowest BCUT2D eigenvalue weighted by Gasteiger charge is -2.07. The van der Waals surface area contributed by atoms with Gasteiger partial charge in [-0.15, -0.1) is 0 Å². The van der Waals surface area contributed by atoms with Gasteiger partial charge in [-0.05, 0) is 6.42 Å². The third-order valence-corrected chi connectivity index (χ3v) is 5.42. The molecule has 2 N–H and O–H groups in total. The minimum atomic E-state index is -1.16. The van der Waals surface area contributed by atoms with Crippen LogP contribution in [0.5, 0.6) is 0 Å². The molecule has 0 aliphatic carbocycles. The molecular formula is C23H40FN3O3. The number of unbranched alkanes of at least 4 members (excludes halogenated alkanes) is 15. The summed E-state index contributed by atoms with van der Waals surface area (Å²) in [6.07, 6.45) is 21.1. The van der Waals surface area contributed by atoms with Gasteiger partial charge in [-0.3, -0.25) is 9.78 Å². The molecule has 0 saturated heterocycles. The van der Waals surface area contributed by atoms with Crippen LogP contribution in [0.1, 0.15) is 110 Å². The molecule has 0 aliphatic rings. The number of H-pyrrole nitrogens is 1. The fourth-order valence-corrected chi connectivity index (χ4v) is 3.55. The third-order valence-electron chi connectivity index (χ3n) is 5.42. The molecule has 1 heterocycles. The number of aromatic amines is 1. The molecule has 0 spiro atoms. The number of halogens is 1. The maximum Gasteiger partial charge on any atom is 0.336 e. The first-order valence-electron chi connectivity index (χ1n) is 11.9. The zero-order valence-electron chi connectivity index (χ0n) is 18.6.